The van der Waals surface area contributed by atoms with Crippen LogP contribution < -0.4 is 0 Å². The summed E-state index contributed by atoms with van der Waals surface area (Å²) >= 11 is 3.55. The molecule has 4 heteroatoms. The number of rotatable bonds is 3. The maximum atomic E-state index is 5.84. The standard InChI is InChI=1S/C15H16BrNO2/c16-13-7-6-11(15-12(13)4-3-8-17-15)10-19-14-5-1-2-9-18-14/h3-4,6-8,14H,1-2,5,9-10H2. The van der Waals surface area contributed by atoms with Crippen LogP contribution in [0, 0.1) is 0 Å². The normalized spacial score (nSPS) is 19.7. The van der Waals surface area contributed by atoms with Crippen molar-refractivity contribution in [1.82, 2.24) is 4.98 Å². The third kappa shape index (κ3) is 2.96. The van der Waals surface area contributed by atoms with Gasteiger partial charge in [-0.2, -0.15) is 0 Å². The van der Waals surface area contributed by atoms with Crippen molar-refractivity contribution >= 4 is 26.8 Å². The largest absolute Gasteiger partial charge is 0.353 e. The molecular formula is C15H16BrNO2. The zero-order valence-corrected chi connectivity index (χ0v) is 12.2. The number of ether oxygens (including phenoxy) is 2. The Morgan fingerprint density at radius 3 is 3.11 bits per heavy atom. The summed E-state index contributed by atoms with van der Waals surface area (Å²) in [5.41, 5.74) is 2.10. The summed E-state index contributed by atoms with van der Waals surface area (Å²) < 4.78 is 12.5. The van der Waals surface area contributed by atoms with Gasteiger partial charge in [-0.1, -0.05) is 28.1 Å². The number of hydrogen-bond acceptors (Lipinski definition) is 3. The number of pyridine rings is 1. The van der Waals surface area contributed by atoms with Gasteiger partial charge in [-0.15, -0.1) is 0 Å². The highest BCUT2D eigenvalue weighted by atomic mass is 79.9. The van der Waals surface area contributed by atoms with Gasteiger partial charge in [-0.3, -0.25) is 4.98 Å². The molecule has 100 valence electrons. The molecule has 1 saturated heterocycles. The van der Waals surface area contributed by atoms with Gasteiger partial charge in [0.2, 0.25) is 0 Å². The van der Waals surface area contributed by atoms with Crippen molar-refractivity contribution in [3.05, 3.63) is 40.5 Å². The van der Waals surface area contributed by atoms with E-state index in [-0.39, 0.29) is 6.29 Å². The van der Waals surface area contributed by atoms with Gasteiger partial charge in [0.1, 0.15) is 0 Å². The fraction of sp³-hybridized carbons (Fsp3) is 0.400. The van der Waals surface area contributed by atoms with Crippen LogP contribution in [0.5, 0.6) is 0 Å². The summed E-state index contributed by atoms with van der Waals surface area (Å²) in [4.78, 5) is 4.45. The Kier molecular flexibility index (Phi) is 4.11. The van der Waals surface area contributed by atoms with E-state index in [1.54, 1.807) is 0 Å². The molecule has 19 heavy (non-hydrogen) atoms. The summed E-state index contributed by atoms with van der Waals surface area (Å²) in [6, 6.07) is 8.11. The molecule has 1 aliphatic rings. The number of halogens is 1. The second-order valence-electron chi connectivity index (χ2n) is 4.71. The molecule has 3 nitrogen and oxygen atoms in total. The molecule has 1 aliphatic heterocycles. The Morgan fingerprint density at radius 1 is 1.32 bits per heavy atom. The van der Waals surface area contributed by atoms with Crippen LogP contribution in [0.15, 0.2) is 34.9 Å². The monoisotopic (exact) mass is 321 g/mol. The van der Waals surface area contributed by atoms with E-state index in [9.17, 15) is 0 Å². The highest BCUT2D eigenvalue weighted by molar-refractivity contribution is 9.10. The molecule has 1 unspecified atom stereocenters. The van der Waals surface area contributed by atoms with E-state index in [2.05, 4.69) is 33.0 Å². The van der Waals surface area contributed by atoms with E-state index in [1.165, 1.54) is 6.42 Å². The third-order valence-electron chi connectivity index (χ3n) is 3.36. The highest BCUT2D eigenvalue weighted by Gasteiger charge is 2.15. The van der Waals surface area contributed by atoms with Crippen LogP contribution in [-0.2, 0) is 16.1 Å². The number of nitrogens with zero attached hydrogens (tertiary/aromatic N) is 1. The fourth-order valence-corrected chi connectivity index (χ4v) is 2.79. The summed E-state index contributed by atoms with van der Waals surface area (Å²) in [7, 11) is 0. The smallest absolute Gasteiger partial charge is 0.158 e. The number of benzene rings is 1. The summed E-state index contributed by atoms with van der Waals surface area (Å²) in [5.74, 6) is 0. The topological polar surface area (TPSA) is 31.4 Å². The van der Waals surface area contributed by atoms with Gasteiger partial charge in [0.15, 0.2) is 6.29 Å². The molecule has 1 aromatic heterocycles. The Balaban J connectivity index is 1.79. The van der Waals surface area contributed by atoms with Crippen molar-refractivity contribution in [3.8, 4) is 0 Å². The minimum absolute atomic E-state index is 0.0591. The van der Waals surface area contributed by atoms with E-state index in [0.717, 1.165) is 40.4 Å². The first-order valence-corrected chi connectivity index (χ1v) is 7.39. The van der Waals surface area contributed by atoms with Gasteiger partial charge in [0.25, 0.3) is 0 Å². The molecule has 3 rings (SSSR count). The summed E-state index contributed by atoms with van der Waals surface area (Å²) in [5, 5.41) is 1.12. The minimum Gasteiger partial charge on any atom is -0.353 e. The maximum absolute atomic E-state index is 5.84. The quantitative estimate of drug-likeness (QED) is 0.854. The van der Waals surface area contributed by atoms with Gasteiger partial charge >= 0.3 is 0 Å². The molecule has 1 atom stereocenters. The van der Waals surface area contributed by atoms with Gasteiger partial charge in [-0.05, 0) is 31.4 Å². The van der Waals surface area contributed by atoms with Crippen LogP contribution in [-0.4, -0.2) is 17.9 Å². The minimum atomic E-state index is -0.0591. The molecule has 0 saturated carbocycles. The SMILES string of the molecule is Brc1ccc(COC2CCCCO2)c2ncccc12. The second-order valence-corrected chi connectivity index (χ2v) is 5.57. The Hall–Kier alpha value is -0.970. The van der Waals surface area contributed by atoms with Crippen LogP contribution in [0.1, 0.15) is 24.8 Å². The summed E-state index contributed by atoms with van der Waals surface area (Å²) in [6.07, 6.45) is 5.07. The Bertz CT molecular complexity index is 567. The van der Waals surface area contributed by atoms with Crippen molar-refractivity contribution in [1.29, 1.82) is 0 Å². The molecule has 1 aromatic carbocycles. The lowest BCUT2D eigenvalue weighted by molar-refractivity contribution is -0.168. The Labute approximate surface area is 121 Å². The molecule has 0 spiro atoms. The maximum Gasteiger partial charge on any atom is 0.158 e. The summed E-state index contributed by atoms with van der Waals surface area (Å²) in [6.45, 7) is 1.36. The molecular weight excluding hydrogens is 306 g/mol. The van der Waals surface area contributed by atoms with Crippen LogP contribution in [0.3, 0.4) is 0 Å². The first-order valence-electron chi connectivity index (χ1n) is 6.60. The van der Waals surface area contributed by atoms with Crippen molar-refractivity contribution < 1.29 is 9.47 Å². The van der Waals surface area contributed by atoms with E-state index in [4.69, 9.17) is 9.47 Å². The third-order valence-corrected chi connectivity index (χ3v) is 4.05. The van der Waals surface area contributed by atoms with Gasteiger partial charge < -0.3 is 9.47 Å². The average Bonchev–Trinajstić information content (AvgIpc) is 2.48. The van der Waals surface area contributed by atoms with Gasteiger partial charge in [0.05, 0.1) is 12.1 Å². The van der Waals surface area contributed by atoms with Crippen LogP contribution in [0.25, 0.3) is 10.9 Å². The van der Waals surface area contributed by atoms with Crippen LogP contribution in [0.4, 0.5) is 0 Å². The van der Waals surface area contributed by atoms with Gasteiger partial charge in [-0.25, -0.2) is 0 Å². The molecule has 2 heterocycles. The highest BCUT2D eigenvalue weighted by Crippen LogP contribution is 2.26. The predicted octanol–water partition coefficient (Wildman–Crippen LogP) is 4.04. The van der Waals surface area contributed by atoms with Crippen molar-refractivity contribution in [2.24, 2.45) is 0 Å². The zero-order chi connectivity index (χ0) is 13.1. The Morgan fingerprint density at radius 2 is 2.26 bits per heavy atom. The first kappa shape index (κ1) is 13.0. The second kappa shape index (κ2) is 5.99. The number of aromatic nitrogens is 1. The predicted molar refractivity (Wildman–Crippen MR) is 77.8 cm³/mol. The molecule has 0 amide bonds. The van der Waals surface area contributed by atoms with Crippen LogP contribution >= 0.6 is 15.9 Å². The number of hydrogen-bond donors (Lipinski definition) is 0. The number of fused-ring (bicyclic) bond motifs is 1. The molecule has 0 bridgehead atoms. The fourth-order valence-electron chi connectivity index (χ4n) is 2.34. The molecule has 0 aliphatic carbocycles. The lowest BCUT2D eigenvalue weighted by Crippen LogP contribution is -2.22. The molecule has 0 N–H and O–H groups in total. The zero-order valence-electron chi connectivity index (χ0n) is 10.6. The molecule has 2 aromatic rings. The van der Waals surface area contributed by atoms with E-state index in [0.29, 0.717) is 6.61 Å². The van der Waals surface area contributed by atoms with E-state index in [1.807, 2.05) is 18.3 Å². The van der Waals surface area contributed by atoms with Crippen molar-refractivity contribution in [2.75, 3.05) is 6.61 Å². The first-order chi connectivity index (χ1) is 9.34. The van der Waals surface area contributed by atoms with Crippen LogP contribution in [0.2, 0.25) is 0 Å². The van der Waals surface area contributed by atoms with E-state index >= 15 is 0 Å². The van der Waals surface area contributed by atoms with E-state index < -0.39 is 0 Å². The van der Waals surface area contributed by atoms with Crippen molar-refractivity contribution in [3.63, 3.8) is 0 Å². The lowest BCUT2D eigenvalue weighted by Gasteiger charge is -2.22. The lowest BCUT2D eigenvalue weighted by atomic mass is 10.1. The molecule has 1 fully saturated rings. The molecule has 0 radical (unpaired) electrons. The average molecular weight is 322 g/mol. The van der Waals surface area contributed by atoms with Crippen molar-refractivity contribution in [2.45, 2.75) is 32.2 Å². The van der Waals surface area contributed by atoms with Gasteiger partial charge in [0, 0.05) is 28.2 Å².